The molecular formula is C19H19ClN4O. The Balaban J connectivity index is 1.68. The van der Waals surface area contributed by atoms with E-state index in [9.17, 15) is 0 Å². The molecule has 0 aliphatic carbocycles. The minimum absolute atomic E-state index is 0.151. The molecule has 0 aliphatic rings. The van der Waals surface area contributed by atoms with Gasteiger partial charge in [-0.1, -0.05) is 11.6 Å². The zero-order chi connectivity index (χ0) is 17.6. The number of hydrogen-bond donors (Lipinski definition) is 2. The van der Waals surface area contributed by atoms with Crippen molar-refractivity contribution in [3.05, 3.63) is 65.8 Å². The maximum Gasteiger partial charge on any atom is 0.229 e. The summed E-state index contributed by atoms with van der Waals surface area (Å²) in [4.78, 5) is 8.71. The second kappa shape index (κ2) is 7.85. The number of halogens is 1. The molecule has 0 saturated carbocycles. The molecular weight excluding hydrogens is 336 g/mol. The molecule has 3 aromatic rings. The van der Waals surface area contributed by atoms with Crippen molar-refractivity contribution in [2.45, 2.75) is 20.0 Å². The van der Waals surface area contributed by atoms with Crippen LogP contribution in [0.2, 0.25) is 5.02 Å². The van der Waals surface area contributed by atoms with Crippen LogP contribution < -0.4 is 15.4 Å². The first-order valence-electron chi connectivity index (χ1n) is 7.98. The highest BCUT2D eigenvalue weighted by Crippen LogP contribution is 2.21. The average Bonchev–Trinajstić information content (AvgIpc) is 2.59. The summed E-state index contributed by atoms with van der Waals surface area (Å²) in [5, 5.41) is 7.09. The Labute approximate surface area is 152 Å². The highest BCUT2D eigenvalue weighted by Gasteiger charge is 2.02. The van der Waals surface area contributed by atoms with E-state index in [0.717, 1.165) is 17.1 Å². The summed E-state index contributed by atoms with van der Waals surface area (Å²) in [6, 6.07) is 16.9. The fraction of sp³-hybridized carbons (Fsp3) is 0.158. The van der Waals surface area contributed by atoms with Crippen LogP contribution in [0, 0.1) is 0 Å². The molecule has 128 valence electrons. The number of hydrogen-bond acceptors (Lipinski definition) is 5. The third-order valence-corrected chi connectivity index (χ3v) is 3.51. The van der Waals surface area contributed by atoms with Crippen LogP contribution in [0.1, 0.15) is 13.8 Å². The number of benzene rings is 2. The molecule has 0 saturated heterocycles. The number of rotatable bonds is 6. The van der Waals surface area contributed by atoms with Gasteiger partial charge >= 0.3 is 0 Å². The van der Waals surface area contributed by atoms with Crippen LogP contribution in [-0.4, -0.2) is 16.1 Å². The van der Waals surface area contributed by atoms with Crippen molar-refractivity contribution in [2.24, 2.45) is 0 Å². The Bertz CT molecular complexity index is 820. The second-order valence-corrected chi connectivity index (χ2v) is 6.15. The molecule has 6 heteroatoms. The Kier molecular flexibility index (Phi) is 5.36. The minimum Gasteiger partial charge on any atom is -0.491 e. The van der Waals surface area contributed by atoms with Gasteiger partial charge in [0.15, 0.2) is 0 Å². The van der Waals surface area contributed by atoms with Crippen LogP contribution in [0.15, 0.2) is 60.8 Å². The van der Waals surface area contributed by atoms with E-state index >= 15 is 0 Å². The molecule has 1 aromatic heterocycles. The van der Waals surface area contributed by atoms with Gasteiger partial charge in [0.1, 0.15) is 11.6 Å². The molecule has 0 atom stereocenters. The van der Waals surface area contributed by atoms with E-state index in [1.54, 1.807) is 12.3 Å². The lowest BCUT2D eigenvalue weighted by Gasteiger charge is -2.11. The molecule has 0 radical (unpaired) electrons. The SMILES string of the molecule is CC(C)Oc1ccc(Nc2nccc(Nc3ccc(Cl)cc3)n2)cc1. The molecule has 2 aromatic carbocycles. The van der Waals surface area contributed by atoms with Gasteiger partial charge in [-0.05, 0) is 68.4 Å². The van der Waals surface area contributed by atoms with Gasteiger partial charge in [-0.15, -0.1) is 0 Å². The van der Waals surface area contributed by atoms with Gasteiger partial charge in [0, 0.05) is 22.6 Å². The maximum absolute atomic E-state index is 5.90. The number of aromatic nitrogens is 2. The van der Waals surface area contributed by atoms with Crippen molar-refractivity contribution in [1.29, 1.82) is 0 Å². The van der Waals surface area contributed by atoms with E-state index in [1.807, 2.05) is 62.4 Å². The molecule has 25 heavy (non-hydrogen) atoms. The summed E-state index contributed by atoms with van der Waals surface area (Å²) < 4.78 is 5.63. The standard InChI is InChI=1S/C19H19ClN4O/c1-13(2)25-17-9-7-16(8-10-17)23-19-21-12-11-18(24-19)22-15-5-3-14(20)4-6-15/h3-13H,1-2H3,(H2,21,22,23,24). The van der Waals surface area contributed by atoms with Gasteiger partial charge in [0.2, 0.25) is 5.95 Å². The molecule has 1 heterocycles. The van der Waals surface area contributed by atoms with E-state index in [2.05, 4.69) is 20.6 Å². The van der Waals surface area contributed by atoms with Crippen molar-refractivity contribution in [3.63, 3.8) is 0 Å². The molecule has 5 nitrogen and oxygen atoms in total. The Morgan fingerprint density at radius 2 is 1.52 bits per heavy atom. The topological polar surface area (TPSA) is 59.1 Å². The van der Waals surface area contributed by atoms with Crippen LogP contribution in [0.5, 0.6) is 5.75 Å². The maximum atomic E-state index is 5.90. The second-order valence-electron chi connectivity index (χ2n) is 5.71. The molecule has 0 fully saturated rings. The molecule has 0 spiro atoms. The van der Waals surface area contributed by atoms with Crippen molar-refractivity contribution in [3.8, 4) is 5.75 Å². The number of nitrogens with one attached hydrogen (secondary N) is 2. The predicted octanol–water partition coefficient (Wildman–Crippen LogP) is 5.40. The van der Waals surface area contributed by atoms with Crippen molar-refractivity contribution in [2.75, 3.05) is 10.6 Å². The van der Waals surface area contributed by atoms with Crippen molar-refractivity contribution >= 4 is 34.7 Å². The third-order valence-electron chi connectivity index (χ3n) is 3.25. The van der Waals surface area contributed by atoms with Gasteiger partial charge in [0.25, 0.3) is 0 Å². The van der Waals surface area contributed by atoms with Gasteiger partial charge in [-0.2, -0.15) is 4.98 Å². The van der Waals surface area contributed by atoms with E-state index in [-0.39, 0.29) is 6.10 Å². The number of nitrogens with zero attached hydrogens (tertiary/aromatic N) is 2. The van der Waals surface area contributed by atoms with Crippen LogP contribution in [-0.2, 0) is 0 Å². The zero-order valence-corrected chi connectivity index (χ0v) is 14.8. The largest absolute Gasteiger partial charge is 0.491 e. The highest BCUT2D eigenvalue weighted by atomic mass is 35.5. The van der Waals surface area contributed by atoms with E-state index < -0.39 is 0 Å². The van der Waals surface area contributed by atoms with Gasteiger partial charge in [-0.25, -0.2) is 4.98 Å². The van der Waals surface area contributed by atoms with E-state index in [4.69, 9.17) is 16.3 Å². The summed E-state index contributed by atoms with van der Waals surface area (Å²) in [7, 11) is 0. The van der Waals surface area contributed by atoms with Gasteiger partial charge < -0.3 is 15.4 Å². The predicted molar refractivity (Wildman–Crippen MR) is 102 cm³/mol. The molecule has 0 aliphatic heterocycles. The quantitative estimate of drug-likeness (QED) is 0.620. The summed E-state index contributed by atoms with van der Waals surface area (Å²) in [5.41, 5.74) is 1.80. The van der Waals surface area contributed by atoms with Crippen LogP contribution in [0.25, 0.3) is 0 Å². The van der Waals surface area contributed by atoms with Crippen molar-refractivity contribution in [1.82, 2.24) is 9.97 Å². The highest BCUT2D eigenvalue weighted by molar-refractivity contribution is 6.30. The molecule has 2 N–H and O–H groups in total. The summed E-state index contributed by atoms with van der Waals surface area (Å²) in [6.07, 6.45) is 1.85. The van der Waals surface area contributed by atoms with Crippen LogP contribution >= 0.6 is 11.6 Å². The first kappa shape index (κ1) is 17.0. The fourth-order valence-electron chi connectivity index (χ4n) is 2.19. The van der Waals surface area contributed by atoms with Gasteiger partial charge in [-0.3, -0.25) is 0 Å². The van der Waals surface area contributed by atoms with E-state index in [0.29, 0.717) is 16.8 Å². The van der Waals surface area contributed by atoms with Crippen molar-refractivity contribution < 1.29 is 4.74 Å². The fourth-order valence-corrected chi connectivity index (χ4v) is 2.31. The lowest BCUT2D eigenvalue weighted by atomic mass is 10.3. The first-order chi connectivity index (χ1) is 12.1. The van der Waals surface area contributed by atoms with Crippen LogP contribution in [0.3, 0.4) is 0 Å². The van der Waals surface area contributed by atoms with Gasteiger partial charge in [0.05, 0.1) is 6.10 Å². The average molecular weight is 355 g/mol. The first-order valence-corrected chi connectivity index (χ1v) is 8.36. The normalized spacial score (nSPS) is 10.6. The third kappa shape index (κ3) is 5.09. The summed E-state index contributed by atoms with van der Waals surface area (Å²) in [5.74, 6) is 2.04. The number of ether oxygens (including phenoxy) is 1. The smallest absolute Gasteiger partial charge is 0.229 e. The molecule has 0 bridgehead atoms. The minimum atomic E-state index is 0.151. The lowest BCUT2D eigenvalue weighted by molar-refractivity contribution is 0.242. The summed E-state index contributed by atoms with van der Waals surface area (Å²) >= 11 is 5.90. The van der Waals surface area contributed by atoms with Crippen LogP contribution in [0.4, 0.5) is 23.1 Å². The molecule has 0 unspecified atom stereocenters. The monoisotopic (exact) mass is 354 g/mol. The molecule has 0 amide bonds. The number of anilines is 4. The summed E-state index contributed by atoms with van der Waals surface area (Å²) in [6.45, 7) is 4.00. The zero-order valence-electron chi connectivity index (χ0n) is 14.0. The molecule has 3 rings (SSSR count). The Hall–Kier alpha value is -2.79. The Morgan fingerprint density at radius 3 is 2.20 bits per heavy atom. The lowest BCUT2D eigenvalue weighted by Crippen LogP contribution is -2.05. The Morgan fingerprint density at radius 1 is 0.880 bits per heavy atom. The van der Waals surface area contributed by atoms with E-state index in [1.165, 1.54) is 0 Å².